The molecule has 0 aliphatic rings. The summed E-state index contributed by atoms with van der Waals surface area (Å²) in [6.07, 6.45) is 5.90. The molecule has 2 heterocycles. The SMILES string of the molecule is CCSc1sc(CC)cc1/C=N/NC(=O)c1ccncc1. The molecule has 2 aromatic heterocycles. The highest BCUT2D eigenvalue weighted by Crippen LogP contribution is 2.31. The minimum absolute atomic E-state index is 0.232. The molecule has 2 rings (SSSR count). The van der Waals surface area contributed by atoms with Crippen LogP contribution in [0.2, 0.25) is 0 Å². The zero-order valence-electron chi connectivity index (χ0n) is 12.0. The average Bonchev–Trinajstić information content (AvgIpc) is 2.91. The number of hydrogen-bond acceptors (Lipinski definition) is 5. The van der Waals surface area contributed by atoms with E-state index in [2.05, 4.69) is 35.4 Å². The molecule has 0 aliphatic heterocycles. The van der Waals surface area contributed by atoms with Gasteiger partial charge < -0.3 is 0 Å². The summed E-state index contributed by atoms with van der Waals surface area (Å²) in [6, 6.07) is 5.44. The lowest BCUT2D eigenvalue weighted by Crippen LogP contribution is -2.17. The number of pyridine rings is 1. The van der Waals surface area contributed by atoms with Crippen LogP contribution in [0.1, 0.15) is 34.6 Å². The molecular formula is C15H17N3OS2. The third kappa shape index (κ3) is 4.41. The van der Waals surface area contributed by atoms with Crippen LogP contribution in [0.25, 0.3) is 0 Å². The van der Waals surface area contributed by atoms with E-state index in [4.69, 9.17) is 0 Å². The Morgan fingerprint density at radius 2 is 2.19 bits per heavy atom. The van der Waals surface area contributed by atoms with E-state index in [1.54, 1.807) is 53.8 Å². The fourth-order valence-electron chi connectivity index (χ4n) is 1.68. The van der Waals surface area contributed by atoms with Gasteiger partial charge in [0.2, 0.25) is 0 Å². The van der Waals surface area contributed by atoms with Gasteiger partial charge in [-0.05, 0) is 30.4 Å². The Hall–Kier alpha value is -1.66. The van der Waals surface area contributed by atoms with Crippen molar-refractivity contribution in [1.82, 2.24) is 10.4 Å². The van der Waals surface area contributed by atoms with E-state index in [0.717, 1.165) is 17.7 Å². The molecule has 0 aliphatic carbocycles. The predicted molar refractivity (Wildman–Crippen MR) is 89.4 cm³/mol. The van der Waals surface area contributed by atoms with E-state index in [1.165, 1.54) is 9.09 Å². The standard InChI is InChI=1S/C15H17N3OS2/c1-3-13-9-12(15(21-13)20-4-2)10-17-18-14(19)11-5-7-16-8-6-11/h5-10H,3-4H2,1-2H3,(H,18,19)/b17-10+. The molecule has 2 aromatic rings. The van der Waals surface area contributed by atoms with Crippen molar-refractivity contribution in [2.24, 2.45) is 5.10 Å². The Morgan fingerprint density at radius 3 is 2.86 bits per heavy atom. The van der Waals surface area contributed by atoms with E-state index >= 15 is 0 Å². The molecule has 0 atom stereocenters. The van der Waals surface area contributed by atoms with Gasteiger partial charge in [-0.2, -0.15) is 5.10 Å². The average molecular weight is 319 g/mol. The molecule has 110 valence electrons. The fourth-order valence-corrected chi connectivity index (χ4v) is 3.92. The Morgan fingerprint density at radius 1 is 1.43 bits per heavy atom. The molecule has 1 N–H and O–H groups in total. The number of thiophene rings is 1. The Balaban J connectivity index is 2.04. The molecule has 0 saturated heterocycles. The maximum Gasteiger partial charge on any atom is 0.271 e. The van der Waals surface area contributed by atoms with Gasteiger partial charge in [0, 0.05) is 28.4 Å². The van der Waals surface area contributed by atoms with E-state index in [-0.39, 0.29) is 5.91 Å². The van der Waals surface area contributed by atoms with Crippen molar-refractivity contribution in [2.45, 2.75) is 24.5 Å². The molecule has 21 heavy (non-hydrogen) atoms. The van der Waals surface area contributed by atoms with E-state index in [1.807, 2.05) is 0 Å². The van der Waals surface area contributed by atoms with Crippen LogP contribution in [0.15, 0.2) is 39.9 Å². The monoisotopic (exact) mass is 319 g/mol. The maximum absolute atomic E-state index is 11.9. The van der Waals surface area contributed by atoms with Crippen molar-refractivity contribution >= 4 is 35.2 Å². The summed E-state index contributed by atoms with van der Waals surface area (Å²) in [4.78, 5) is 17.1. The van der Waals surface area contributed by atoms with Gasteiger partial charge in [-0.3, -0.25) is 9.78 Å². The molecule has 0 unspecified atom stereocenters. The third-order valence-corrected chi connectivity index (χ3v) is 5.19. The number of thioether (sulfide) groups is 1. The van der Waals surface area contributed by atoms with Crippen molar-refractivity contribution in [3.8, 4) is 0 Å². The van der Waals surface area contributed by atoms with Crippen LogP contribution in [0, 0.1) is 0 Å². The van der Waals surface area contributed by atoms with Gasteiger partial charge in [0.15, 0.2) is 0 Å². The second-order valence-electron chi connectivity index (χ2n) is 4.18. The van der Waals surface area contributed by atoms with E-state index in [0.29, 0.717) is 5.56 Å². The van der Waals surface area contributed by atoms with Gasteiger partial charge in [0.05, 0.1) is 10.4 Å². The van der Waals surface area contributed by atoms with Crippen LogP contribution in [-0.4, -0.2) is 22.9 Å². The normalized spacial score (nSPS) is 11.0. The summed E-state index contributed by atoms with van der Waals surface area (Å²) in [5.41, 5.74) is 4.16. The summed E-state index contributed by atoms with van der Waals surface area (Å²) < 4.78 is 1.25. The summed E-state index contributed by atoms with van der Waals surface area (Å²) >= 11 is 3.59. The molecule has 4 nitrogen and oxygen atoms in total. The topological polar surface area (TPSA) is 54.4 Å². The lowest BCUT2D eigenvalue weighted by atomic mass is 10.3. The lowest BCUT2D eigenvalue weighted by molar-refractivity contribution is 0.0955. The first kappa shape index (κ1) is 15.7. The zero-order chi connectivity index (χ0) is 15.1. The number of amides is 1. The van der Waals surface area contributed by atoms with Gasteiger partial charge >= 0.3 is 0 Å². The molecule has 0 bridgehead atoms. The number of aromatic nitrogens is 1. The minimum atomic E-state index is -0.232. The van der Waals surface area contributed by atoms with Gasteiger partial charge in [-0.1, -0.05) is 13.8 Å². The molecule has 0 spiro atoms. The van der Waals surface area contributed by atoms with Crippen molar-refractivity contribution in [2.75, 3.05) is 5.75 Å². The highest BCUT2D eigenvalue weighted by Gasteiger charge is 2.07. The summed E-state index contributed by atoms with van der Waals surface area (Å²) in [5.74, 6) is 0.790. The second kappa shape index (κ2) is 7.95. The minimum Gasteiger partial charge on any atom is -0.267 e. The lowest BCUT2D eigenvalue weighted by Gasteiger charge is -1.99. The van der Waals surface area contributed by atoms with Crippen LogP contribution in [0.3, 0.4) is 0 Å². The van der Waals surface area contributed by atoms with Crippen molar-refractivity contribution in [1.29, 1.82) is 0 Å². The Kier molecular flexibility index (Phi) is 5.95. The highest BCUT2D eigenvalue weighted by atomic mass is 32.2. The predicted octanol–water partition coefficient (Wildman–Crippen LogP) is 3.58. The molecule has 0 radical (unpaired) electrons. The quantitative estimate of drug-likeness (QED) is 0.503. The number of rotatable bonds is 6. The van der Waals surface area contributed by atoms with Gasteiger partial charge in [-0.25, -0.2) is 5.43 Å². The first-order chi connectivity index (χ1) is 10.2. The van der Waals surface area contributed by atoms with Gasteiger partial charge in [0.1, 0.15) is 0 Å². The summed E-state index contributed by atoms with van der Waals surface area (Å²) in [6.45, 7) is 4.26. The zero-order valence-corrected chi connectivity index (χ0v) is 13.6. The molecule has 0 saturated carbocycles. The van der Waals surface area contributed by atoms with Crippen molar-refractivity contribution in [3.63, 3.8) is 0 Å². The highest BCUT2D eigenvalue weighted by molar-refractivity contribution is 8.01. The molecule has 0 aromatic carbocycles. The van der Waals surface area contributed by atoms with Crippen LogP contribution >= 0.6 is 23.1 Å². The van der Waals surface area contributed by atoms with Gasteiger partial charge in [-0.15, -0.1) is 23.1 Å². The first-order valence-corrected chi connectivity index (χ1v) is 8.53. The van der Waals surface area contributed by atoms with Crippen molar-refractivity contribution < 1.29 is 4.79 Å². The first-order valence-electron chi connectivity index (χ1n) is 6.73. The van der Waals surface area contributed by atoms with Gasteiger partial charge in [0.25, 0.3) is 5.91 Å². The molecule has 0 fully saturated rings. The number of hydrazone groups is 1. The molecule has 6 heteroatoms. The number of nitrogens with zero attached hydrogens (tertiary/aromatic N) is 2. The number of hydrogen-bond donors (Lipinski definition) is 1. The number of carbonyl (C=O) groups excluding carboxylic acids is 1. The van der Waals surface area contributed by atoms with Crippen LogP contribution in [0.5, 0.6) is 0 Å². The maximum atomic E-state index is 11.9. The number of carbonyl (C=O) groups is 1. The van der Waals surface area contributed by atoms with Crippen LogP contribution in [-0.2, 0) is 6.42 Å². The fraction of sp³-hybridized carbons (Fsp3) is 0.267. The molecular weight excluding hydrogens is 302 g/mol. The van der Waals surface area contributed by atoms with Crippen LogP contribution in [0.4, 0.5) is 0 Å². The van der Waals surface area contributed by atoms with Crippen molar-refractivity contribution in [3.05, 3.63) is 46.6 Å². The second-order valence-corrected chi connectivity index (χ2v) is 6.85. The van der Waals surface area contributed by atoms with E-state index < -0.39 is 0 Å². The Labute approximate surface area is 132 Å². The number of aryl methyl sites for hydroxylation is 1. The third-order valence-electron chi connectivity index (χ3n) is 2.71. The summed E-state index contributed by atoms with van der Waals surface area (Å²) in [5, 5.41) is 4.06. The van der Waals surface area contributed by atoms with Crippen LogP contribution < -0.4 is 5.43 Å². The van der Waals surface area contributed by atoms with E-state index in [9.17, 15) is 4.79 Å². The molecule has 1 amide bonds. The largest absolute Gasteiger partial charge is 0.271 e. The number of nitrogens with one attached hydrogen (secondary N) is 1. The Bertz CT molecular complexity index is 623. The smallest absolute Gasteiger partial charge is 0.267 e. The summed E-state index contributed by atoms with van der Waals surface area (Å²) in [7, 11) is 0.